The molecule has 0 amide bonds. The molecule has 5 heteroatoms. The van der Waals surface area contributed by atoms with Crippen molar-refractivity contribution in [3.05, 3.63) is 59.7 Å². The van der Waals surface area contributed by atoms with Gasteiger partial charge in [-0.15, -0.1) is 0 Å². The van der Waals surface area contributed by atoms with Crippen molar-refractivity contribution >= 4 is 11.6 Å². The molecule has 1 aliphatic heterocycles. The van der Waals surface area contributed by atoms with Crippen LogP contribution >= 0.6 is 0 Å². The molecule has 0 aliphatic carbocycles. The summed E-state index contributed by atoms with van der Waals surface area (Å²) in [7, 11) is 1.55. The third-order valence-corrected chi connectivity index (χ3v) is 4.78. The van der Waals surface area contributed by atoms with Gasteiger partial charge in [0.1, 0.15) is 18.1 Å². The Hall–Kier alpha value is -2.66. The van der Waals surface area contributed by atoms with Crippen LogP contribution in [0.3, 0.4) is 0 Å². The summed E-state index contributed by atoms with van der Waals surface area (Å²) in [4.78, 5) is 27.4. The first-order valence-corrected chi connectivity index (χ1v) is 9.35. The lowest BCUT2D eigenvalue weighted by molar-refractivity contribution is 0.0816. The van der Waals surface area contributed by atoms with Crippen molar-refractivity contribution in [3.8, 4) is 11.5 Å². The third-order valence-electron chi connectivity index (χ3n) is 4.78. The zero-order valence-corrected chi connectivity index (χ0v) is 15.6. The van der Waals surface area contributed by atoms with E-state index in [1.54, 1.807) is 49.6 Å². The highest BCUT2D eigenvalue weighted by molar-refractivity contribution is 6.49. The molecule has 0 saturated carbocycles. The number of carbonyl (C=O) groups excluding carboxylic acids is 2. The van der Waals surface area contributed by atoms with Crippen molar-refractivity contribution in [1.82, 2.24) is 4.90 Å². The Bertz CT molecular complexity index is 779. The SMILES string of the molecule is COc1ccc(C(=O)C(=O)c2cccc(OCCN3CCCCC3)c2)cc1. The largest absolute Gasteiger partial charge is 0.497 e. The molecule has 27 heavy (non-hydrogen) atoms. The van der Waals surface area contributed by atoms with Gasteiger partial charge in [-0.25, -0.2) is 0 Å². The Kier molecular flexibility index (Phi) is 6.60. The number of ether oxygens (including phenoxy) is 2. The molecule has 2 aromatic rings. The number of likely N-dealkylation sites (tertiary alicyclic amines) is 1. The number of methoxy groups -OCH3 is 1. The monoisotopic (exact) mass is 367 g/mol. The Morgan fingerprint density at radius 2 is 1.59 bits per heavy atom. The average Bonchev–Trinajstić information content (AvgIpc) is 2.74. The van der Waals surface area contributed by atoms with Crippen molar-refractivity contribution < 1.29 is 19.1 Å². The van der Waals surface area contributed by atoms with Crippen LogP contribution in [0, 0.1) is 0 Å². The van der Waals surface area contributed by atoms with Crippen molar-refractivity contribution in [1.29, 1.82) is 0 Å². The maximum atomic E-state index is 12.5. The van der Waals surface area contributed by atoms with Gasteiger partial charge in [0.05, 0.1) is 7.11 Å². The molecule has 3 rings (SSSR count). The van der Waals surface area contributed by atoms with Gasteiger partial charge in [0.25, 0.3) is 0 Å². The molecule has 1 aliphatic rings. The van der Waals surface area contributed by atoms with E-state index in [0.717, 1.165) is 19.6 Å². The fourth-order valence-corrected chi connectivity index (χ4v) is 3.21. The molecule has 142 valence electrons. The molecule has 0 radical (unpaired) electrons. The van der Waals surface area contributed by atoms with E-state index in [2.05, 4.69) is 4.90 Å². The minimum atomic E-state index is -0.540. The molecule has 0 bridgehead atoms. The van der Waals surface area contributed by atoms with Crippen molar-refractivity contribution in [2.24, 2.45) is 0 Å². The minimum absolute atomic E-state index is 0.339. The summed E-state index contributed by atoms with van der Waals surface area (Å²) >= 11 is 0. The highest BCUT2D eigenvalue weighted by Crippen LogP contribution is 2.18. The Labute approximate surface area is 159 Å². The standard InChI is InChI=1S/C22H25NO4/c1-26-19-10-8-17(9-11-19)21(24)22(25)18-6-5-7-20(16-18)27-15-14-23-12-3-2-4-13-23/h5-11,16H,2-4,12-15H2,1H3. The zero-order valence-electron chi connectivity index (χ0n) is 15.6. The Morgan fingerprint density at radius 3 is 2.30 bits per heavy atom. The number of Topliss-reactive ketones (excluding diaryl/α,β-unsaturated/α-hetero) is 2. The lowest BCUT2D eigenvalue weighted by atomic mass is 10.0. The summed E-state index contributed by atoms with van der Waals surface area (Å²) in [6.45, 7) is 3.70. The molecule has 0 aromatic heterocycles. The second-order valence-corrected chi connectivity index (χ2v) is 6.67. The van der Waals surface area contributed by atoms with E-state index in [9.17, 15) is 9.59 Å². The number of ketones is 2. The highest BCUT2D eigenvalue weighted by atomic mass is 16.5. The van der Waals surface area contributed by atoms with E-state index >= 15 is 0 Å². The number of piperidine rings is 1. The number of carbonyl (C=O) groups is 2. The van der Waals surface area contributed by atoms with Crippen LogP contribution in [-0.4, -0.2) is 49.8 Å². The second kappa shape index (κ2) is 9.33. The molecule has 0 unspecified atom stereocenters. The van der Waals surface area contributed by atoms with Gasteiger partial charge in [-0.05, 0) is 62.3 Å². The van der Waals surface area contributed by atoms with E-state index in [0.29, 0.717) is 29.2 Å². The number of nitrogens with zero attached hydrogens (tertiary/aromatic N) is 1. The molecule has 0 atom stereocenters. The van der Waals surface area contributed by atoms with Gasteiger partial charge in [0.2, 0.25) is 11.6 Å². The first-order valence-electron chi connectivity index (χ1n) is 9.35. The van der Waals surface area contributed by atoms with Gasteiger partial charge >= 0.3 is 0 Å². The van der Waals surface area contributed by atoms with Gasteiger partial charge in [-0.2, -0.15) is 0 Å². The van der Waals surface area contributed by atoms with Crippen molar-refractivity contribution in [2.75, 3.05) is 33.4 Å². The Morgan fingerprint density at radius 1 is 0.889 bits per heavy atom. The number of hydrogen-bond donors (Lipinski definition) is 0. The molecular weight excluding hydrogens is 342 g/mol. The quantitative estimate of drug-likeness (QED) is 0.527. The molecular formula is C22H25NO4. The summed E-state index contributed by atoms with van der Waals surface area (Å²) in [6.07, 6.45) is 3.80. The first kappa shape index (κ1) is 19.1. The van der Waals surface area contributed by atoms with Crippen LogP contribution in [0.2, 0.25) is 0 Å². The fraction of sp³-hybridized carbons (Fsp3) is 0.364. The molecule has 0 N–H and O–H groups in total. The first-order chi connectivity index (χ1) is 13.2. The van der Waals surface area contributed by atoms with Crippen LogP contribution in [-0.2, 0) is 0 Å². The summed E-state index contributed by atoms with van der Waals surface area (Å²) in [6, 6.07) is 13.4. The summed E-state index contributed by atoms with van der Waals surface area (Å²) < 4.78 is 10.9. The molecule has 1 saturated heterocycles. The molecule has 1 fully saturated rings. The lowest BCUT2D eigenvalue weighted by Gasteiger charge is -2.26. The predicted molar refractivity (Wildman–Crippen MR) is 104 cm³/mol. The molecule has 1 heterocycles. The normalized spacial score (nSPS) is 14.6. The van der Waals surface area contributed by atoms with Crippen molar-refractivity contribution in [2.45, 2.75) is 19.3 Å². The van der Waals surface area contributed by atoms with Crippen LogP contribution in [0.1, 0.15) is 40.0 Å². The maximum Gasteiger partial charge on any atom is 0.233 e. The average molecular weight is 367 g/mol. The van der Waals surface area contributed by atoms with Crippen LogP contribution in [0.25, 0.3) is 0 Å². The van der Waals surface area contributed by atoms with Crippen LogP contribution in [0.4, 0.5) is 0 Å². The summed E-state index contributed by atoms with van der Waals surface area (Å²) in [5, 5.41) is 0. The van der Waals surface area contributed by atoms with Crippen LogP contribution in [0.5, 0.6) is 11.5 Å². The van der Waals surface area contributed by atoms with Gasteiger partial charge in [0.15, 0.2) is 0 Å². The van der Waals surface area contributed by atoms with Gasteiger partial charge in [0, 0.05) is 17.7 Å². The number of hydrogen-bond acceptors (Lipinski definition) is 5. The van der Waals surface area contributed by atoms with Gasteiger partial charge < -0.3 is 9.47 Å². The van der Waals surface area contributed by atoms with E-state index in [1.807, 2.05) is 6.07 Å². The Balaban J connectivity index is 1.59. The zero-order chi connectivity index (χ0) is 19.1. The fourth-order valence-electron chi connectivity index (χ4n) is 3.21. The predicted octanol–water partition coefficient (Wildman–Crippen LogP) is 3.63. The number of benzene rings is 2. The van der Waals surface area contributed by atoms with E-state index in [4.69, 9.17) is 9.47 Å². The summed E-state index contributed by atoms with van der Waals surface area (Å²) in [5.41, 5.74) is 0.684. The maximum absolute atomic E-state index is 12.5. The number of rotatable bonds is 8. The summed E-state index contributed by atoms with van der Waals surface area (Å²) in [5.74, 6) is 0.174. The van der Waals surface area contributed by atoms with Gasteiger partial charge in [-0.3, -0.25) is 14.5 Å². The lowest BCUT2D eigenvalue weighted by Crippen LogP contribution is -2.33. The van der Waals surface area contributed by atoms with Gasteiger partial charge in [-0.1, -0.05) is 18.6 Å². The van der Waals surface area contributed by atoms with Crippen molar-refractivity contribution in [3.63, 3.8) is 0 Å². The topological polar surface area (TPSA) is 55.8 Å². The van der Waals surface area contributed by atoms with E-state index < -0.39 is 11.6 Å². The third kappa shape index (κ3) is 5.17. The van der Waals surface area contributed by atoms with Crippen LogP contribution in [0.15, 0.2) is 48.5 Å². The van der Waals surface area contributed by atoms with E-state index in [-0.39, 0.29) is 0 Å². The van der Waals surface area contributed by atoms with E-state index in [1.165, 1.54) is 19.3 Å². The molecule has 5 nitrogen and oxygen atoms in total. The second-order valence-electron chi connectivity index (χ2n) is 6.67. The molecule has 0 spiro atoms. The molecule has 2 aromatic carbocycles. The highest BCUT2D eigenvalue weighted by Gasteiger charge is 2.19. The smallest absolute Gasteiger partial charge is 0.233 e. The van der Waals surface area contributed by atoms with Crippen LogP contribution < -0.4 is 9.47 Å². The minimum Gasteiger partial charge on any atom is -0.497 e.